The van der Waals surface area contributed by atoms with Crippen molar-refractivity contribution < 1.29 is 4.79 Å². The summed E-state index contributed by atoms with van der Waals surface area (Å²) in [6.45, 7) is 11.7. The minimum absolute atomic E-state index is 0.0952. The predicted molar refractivity (Wildman–Crippen MR) is 86.9 cm³/mol. The Kier molecular flexibility index (Phi) is 4.72. The average molecular weight is 288 g/mol. The highest BCUT2D eigenvalue weighted by Crippen LogP contribution is 2.25. The van der Waals surface area contributed by atoms with Crippen LogP contribution >= 0.6 is 0 Å². The van der Waals surface area contributed by atoms with E-state index in [4.69, 9.17) is 0 Å². The van der Waals surface area contributed by atoms with Gasteiger partial charge in [0.2, 0.25) is 5.91 Å². The molecule has 1 heterocycles. The topological polar surface area (TPSA) is 32.3 Å². The Morgan fingerprint density at radius 2 is 1.81 bits per heavy atom. The number of amides is 1. The monoisotopic (exact) mass is 288 g/mol. The van der Waals surface area contributed by atoms with Gasteiger partial charge in [-0.15, -0.1) is 0 Å². The van der Waals surface area contributed by atoms with Crippen LogP contribution in [0.15, 0.2) is 30.3 Å². The van der Waals surface area contributed by atoms with E-state index in [2.05, 4.69) is 52.1 Å². The Morgan fingerprint density at radius 3 is 2.33 bits per heavy atom. The predicted octanol–water partition coefficient (Wildman–Crippen LogP) is 3.06. The van der Waals surface area contributed by atoms with Crippen molar-refractivity contribution in [1.29, 1.82) is 0 Å². The molecule has 0 spiro atoms. The molecule has 3 nitrogen and oxygen atoms in total. The lowest BCUT2D eigenvalue weighted by Crippen LogP contribution is -2.45. The second-order valence-electron chi connectivity index (χ2n) is 7.62. The molecular formula is C18H28N2O. The van der Waals surface area contributed by atoms with Gasteiger partial charge in [0, 0.05) is 6.54 Å². The molecule has 21 heavy (non-hydrogen) atoms. The number of carbonyl (C=O) groups is 1. The van der Waals surface area contributed by atoms with E-state index in [0.717, 1.165) is 13.0 Å². The number of hydrogen-bond donors (Lipinski definition) is 1. The molecule has 1 amide bonds. The molecule has 1 aliphatic rings. The minimum atomic E-state index is -0.0952. The molecule has 0 radical (unpaired) electrons. The lowest BCUT2D eigenvalue weighted by molar-refractivity contribution is -0.131. The zero-order chi connectivity index (χ0) is 15.6. The smallest absolute Gasteiger partial charge is 0.241 e. The summed E-state index contributed by atoms with van der Waals surface area (Å²) in [7, 11) is 0. The lowest BCUT2D eigenvalue weighted by atomic mass is 9.95. The van der Waals surface area contributed by atoms with Gasteiger partial charge in [-0.2, -0.15) is 0 Å². The molecule has 2 atom stereocenters. The van der Waals surface area contributed by atoms with E-state index in [9.17, 15) is 4.79 Å². The number of benzene rings is 1. The third kappa shape index (κ3) is 4.07. The number of carbonyl (C=O) groups excluding carboxylic acids is 1. The van der Waals surface area contributed by atoms with Crippen molar-refractivity contribution in [3.05, 3.63) is 35.9 Å². The van der Waals surface area contributed by atoms with Gasteiger partial charge in [0.1, 0.15) is 0 Å². The molecule has 116 valence electrons. The van der Waals surface area contributed by atoms with Gasteiger partial charge in [-0.05, 0) is 23.3 Å². The standard InChI is InChI=1S/C18H28N2O/c1-13(2)16-19-15(11-14-9-7-6-8-10-14)17(21)20(16)12-18(3,4)5/h6-10,13,15-16,19H,11-12H2,1-5H3. The van der Waals surface area contributed by atoms with Gasteiger partial charge in [0.25, 0.3) is 0 Å². The highest BCUT2D eigenvalue weighted by Gasteiger charge is 2.41. The summed E-state index contributed by atoms with van der Waals surface area (Å²) in [4.78, 5) is 14.8. The molecular weight excluding hydrogens is 260 g/mol. The molecule has 0 bridgehead atoms. The number of rotatable bonds is 4. The highest BCUT2D eigenvalue weighted by atomic mass is 16.2. The molecule has 1 aromatic rings. The summed E-state index contributed by atoms with van der Waals surface area (Å²) < 4.78 is 0. The van der Waals surface area contributed by atoms with Crippen molar-refractivity contribution in [2.24, 2.45) is 11.3 Å². The lowest BCUT2D eigenvalue weighted by Gasteiger charge is -2.32. The van der Waals surface area contributed by atoms with Crippen LogP contribution in [0.1, 0.15) is 40.2 Å². The first-order chi connectivity index (χ1) is 9.78. The van der Waals surface area contributed by atoms with E-state index in [0.29, 0.717) is 5.92 Å². The molecule has 2 rings (SSSR count). The van der Waals surface area contributed by atoms with Crippen molar-refractivity contribution >= 4 is 5.91 Å². The van der Waals surface area contributed by atoms with Gasteiger partial charge >= 0.3 is 0 Å². The van der Waals surface area contributed by atoms with Gasteiger partial charge in [0.05, 0.1) is 12.2 Å². The quantitative estimate of drug-likeness (QED) is 0.923. The molecule has 1 aliphatic heterocycles. The van der Waals surface area contributed by atoms with Crippen molar-refractivity contribution in [2.45, 2.75) is 53.2 Å². The molecule has 1 N–H and O–H groups in total. The van der Waals surface area contributed by atoms with Crippen LogP contribution in [0.2, 0.25) is 0 Å². The fourth-order valence-electron chi connectivity index (χ4n) is 2.94. The Hall–Kier alpha value is -1.35. The van der Waals surface area contributed by atoms with Crippen molar-refractivity contribution in [2.75, 3.05) is 6.54 Å². The maximum Gasteiger partial charge on any atom is 0.241 e. The van der Waals surface area contributed by atoms with Gasteiger partial charge in [-0.25, -0.2) is 0 Å². The Labute approximate surface area is 128 Å². The molecule has 1 aromatic carbocycles. The number of nitrogens with zero attached hydrogens (tertiary/aromatic N) is 1. The first kappa shape index (κ1) is 16.0. The minimum Gasteiger partial charge on any atom is -0.325 e. The zero-order valence-electron chi connectivity index (χ0n) is 13.9. The Balaban J connectivity index is 2.13. The second-order valence-corrected chi connectivity index (χ2v) is 7.62. The maximum absolute atomic E-state index is 12.8. The first-order valence-electron chi connectivity index (χ1n) is 7.88. The number of nitrogens with one attached hydrogen (secondary N) is 1. The first-order valence-corrected chi connectivity index (χ1v) is 7.88. The molecule has 0 aliphatic carbocycles. The van der Waals surface area contributed by atoms with E-state index in [1.165, 1.54) is 5.56 Å². The van der Waals surface area contributed by atoms with E-state index in [1.807, 2.05) is 23.1 Å². The van der Waals surface area contributed by atoms with E-state index in [1.54, 1.807) is 0 Å². The molecule has 0 saturated carbocycles. The van der Waals surface area contributed by atoms with Crippen LogP contribution in [0.5, 0.6) is 0 Å². The van der Waals surface area contributed by atoms with Crippen LogP contribution in [0.3, 0.4) is 0 Å². The largest absolute Gasteiger partial charge is 0.325 e. The van der Waals surface area contributed by atoms with E-state index in [-0.39, 0.29) is 23.5 Å². The van der Waals surface area contributed by atoms with Crippen LogP contribution in [0, 0.1) is 11.3 Å². The average Bonchev–Trinajstić information content (AvgIpc) is 2.67. The van der Waals surface area contributed by atoms with Crippen LogP contribution < -0.4 is 5.32 Å². The number of hydrogen-bond acceptors (Lipinski definition) is 2. The van der Waals surface area contributed by atoms with Crippen LogP contribution in [0.25, 0.3) is 0 Å². The van der Waals surface area contributed by atoms with Gasteiger partial charge in [0.15, 0.2) is 0 Å². The van der Waals surface area contributed by atoms with Crippen molar-refractivity contribution in [3.63, 3.8) is 0 Å². The molecule has 2 unspecified atom stereocenters. The molecule has 3 heteroatoms. The zero-order valence-corrected chi connectivity index (χ0v) is 13.9. The fraction of sp³-hybridized carbons (Fsp3) is 0.611. The summed E-state index contributed by atoms with van der Waals surface area (Å²) in [6, 6.07) is 10.2. The van der Waals surface area contributed by atoms with Crippen molar-refractivity contribution in [1.82, 2.24) is 10.2 Å². The van der Waals surface area contributed by atoms with Crippen molar-refractivity contribution in [3.8, 4) is 0 Å². The Morgan fingerprint density at radius 1 is 1.19 bits per heavy atom. The van der Waals surface area contributed by atoms with Crippen LogP contribution in [0.4, 0.5) is 0 Å². The van der Waals surface area contributed by atoms with E-state index < -0.39 is 0 Å². The molecule has 1 fully saturated rings. The SMILES string of the molecule is CC(C)C1NC(Cc2ccccc2)C(=O)N1CC(C)(C)C. The van der Waals surface area contributed by atoms with E-state index >= 15 is 0 Å². The summed E-state index contributed by atoms with van der Waals surface area (Å²) in [5.41, 5.74) is 1.33. The molecule has 0 aromatic heterocycles. The maximum atomic E-state index is 12.8. The van der Waals surface area contributed by atoms with Crippen LogP contribution in [-0.2, 0) is 11.2 Å². The van der Waals surface area contributed by atoms with Gasteiger partial charge in [-0.1, -0.05) is 65.0 Å². The normalized spacial score (nSPS) is 23.1. The summed E-state index contributed by atoms with van der Waals surface area (Å²) in [5, 5.41) is 3.54. The Bertz CT molecular complexity index is 476. The van der Waals surface area contributed by atoms with Gasteiger partial charge in [-0.3, -0.25) is 10.1 Å². The third-order valence-electron chi connectivity index (χ3n) is 3.85. The third-order valence-corrected chi connectivity index (χ3v) is 3.85. The summed E-state index contributed by atoms with van der Waals surface area (Å²) >= 11 is 0. The van der Waals surface area contributed by atoms with Gasteiger partial charge < -0.3 is 4.90 Å². The summed E-state index contributed by atoms with van der Waals surface area (Å²) in [6.07, 6.45) is 0.911. The molecule has 1 saturated heterocycles. The fourth-order valence-corrected chi connectivity index (χ4v) is 2.94. The highest BCUT2D eigenvalue weighted by molar-refractivity contribution is 5.84. The second kappa shape index (κ2) is 6.18. The van der Waals surface area contributed by atoms with Crippen LogP contribution in [-0.4, -0.2) is 29.6 Å². The summed E-state index contributed by atoms with van der Waals surface area (Å²) in [5.74, 6) is 0.657.